The van der Waals surface area contributed by atoms with Crippen molar-refractivity contribution >= 4 is 21.8 Å². The van der Waals surface area contributed by atoms with Crippen molar-refractivity contribution < 1.29 is 4.79 Å². The average molecular weight is 245 g/mol. The highest BCUT2D eigenvalue weighted by atomic mass is 79.9. The van der Waals surface area contributed by atoms with Gasteiger partial charge in [-0.1, -0.05) is 0 Å². The molecule has 13 heavy (non-hydrogen) atoms. The highest BCUT2D eigenvalue weighted by molar-refractivity contribution is 9.10. The van der Waals surface area contributed by atoms with Crippen LogP contribution in [0, 0.1) is 0 Å². The van der Waals surface area contributed by atoms with Crippen molar-refractivity contribution in [2.24, 2.45) is 7.05 Å². The summed E-state index contributed by atoms with van der Waals surface area (Å²) in [7, 11) is 3.14. The first-order chi connectivity index (χ1) is 6.06. The van der Waals surface area contributed by atoms with Crippen molar-refractivity contribution in [3.05, 3.63) is 32.7 Å². The van der Waals surface area contributed by atoms with E-state index in [0.29, 0.717) is 10.0 Å². The van der Waals surface area contributed by atoms with Crippen molar-refractivity contribution in [2.75, 3.05) is 7.05 Å². The van der Waals surface area contributed by atoms with E-state index in [0.717, 1.165) is 0 Å². The fraction of sp³-hybridized carbons (Fsp3) is 0.250. The fourth-order valence-corrected chi connectivity index (χ4v) is 1.47. The van der Waals surface area contributed by atoms with Crippen molar-refractivity contribution in [1.29, 1.82) is 0 Å². The molecule has 0 bridgehead atoms. The van der Waals surface area contributed by atoms with E-state index in [-0.39, 0.29) is 11.5 Å². The average Bonchev–Trinajstić information content (AvgIpc) is 2.12. The second-order valence-corrected chi connectivity index (χ2v) is 3.43. The number of pyridine rings is 1. The molecular formula is C8H9BrN2O2. The summed E-state index contributed by atoms with van der Waals surface area (Å²) >= 11 is 3.08. The van der Waals surface area contributed by atoms with Gasteiger partial charge in [-0.15, -0.1) is 0 Å². The first kappa shape index (κ1) is 9.98. The molecule has 0 aliphatic carbocycles. The van der Waals surface area contributed by atoms with E-state index in [1.54, 1.807) is 14.1 Å². The molecule has 0 aliphatic heterocycles. The molecule has 0 radical (unpaired) electrons. The SMILES string of the molecule is CNC(=O)c1cc(Br)c(=O)n(C)c1. The number of amides is 1. The third-order valence-corrected chi connectivity index (χ3v) is 2.20. The Morgan fingerprint density at radius 2 is 2.23 bits per heavy atom. The van der Waals surface area contributed by atoms with Gasteiger partial charge in [-0.05, 0) is 22.0 Å². The predicted molar refractivity (Wildman–Crippen MR) is 52.8 cm³/mol. The zero-order valence-corrected chi connectivity index (χ0v) is 8.88. The Hall–Kier alpha value is -1.10. The van der Waals surface area contributed by atoms with Crippen LogP contribution in [0.1, 0.15) is 10.4 Å². The number of hydrogen-bond acceptors (Lipinski definition) is 2. The molecule has 0 fully saturated rings. The summed E-state index contributed by atoms with van der Waals surface area (Å²) < 4.78 is 1.74. The Kier molecular flexibility index (Phi) is 2.87. The van der Waals surface area contributed by atoms with Gasteiger partial charge in [0.25, 0.3) is 11.5 Å². The number of aryl methyl sites for hydroxylation is 1. The minimum Gasteiger partial charge on any atom is -0.355 e. The van der Waals surface area contributed by atoms with E-state index in [4.69, 9.17) is 0 Å². The van der Waals surface area contributed by atoms with Gasteiger partial charge in [0.2, 0.25) is 0 Å². The highest BCUT2D eigenvalue weighted by Gasteiger charge is 2.06. The van der Waals surface area contributed by atoms with E-state index in [2.05, 4.69) is 21.2 Å². The van der Waals surface area contributed by atoms with Gasteiger partial charge in [0.15, 0.2) is 0 Å². The van der Waals surface area contributed by atoms with E-state index in [1.807, 2.05) is 0 Å². The Balaban J connectivity index is 3.29. The lowest BCUT2D eigenvalue weighted by Gasteiger charge is -2.03. The summed E-state index contributed by atoms with van der Waals surface area (Å²) in [6, 6.07) is 1.50. The number of carbonyl (C=O) groups is 1. The number of hydrogen-bond donors (Lipinski definition) is 1. The standard InChI is InChI=1S/C8H9BrN2O2/c1-10-7(12)5-3-6(9)8(13)11(2)4-5/h3-4H,1-2H3,(H,10,12). The molecule has 0 unspecified atom stereocenters. The lowest BCUT2D eigenvalue weighted by atomic mass is 10.2. The normalized spacial score (nSPS) is 9.77. The van der Waals surface area contributed by atoms with Crippen LogP contribution in [0.3, 0.4) is 0 Å². The molecule has 4 nitrogen and oxygen atoms in total. The zero-order chi connectivity index (χ0) is 10.0. The van der Waals surface area contributed by atoms with Crippen LogP contribution in [-0.4, -0.2) is 17.5 Å². The number of nitrogens with zero attached hydrogens (tertiary/aromatic N) is 1. The van der Waals surface area contributed by atoms with Crippen LogP contribution in [0.25, 0.3) is 0 Å². The van der Waals surface area contributed by atoms with E-state index in [1.165, 1.54) is 16.8 Å². The topological polar surface area (TPSA) is 51.1 Å². The van der Waals surface area contributed by atoms with Gasteiger partial charge in [-0.25, -0.2) is 0 Å². The largest absolute Gasteiger partial charge is 0.355 e. The number of halogens is 1. The molecule has 0 aliphatic rings. The summed E-state index contributed by atoms with van der Waals surface area (Å²) in [5, 5.41) is 2.48. The van der Waals surface area contributed by atoms with Gasteiger partial charge < -0.3 is 9.88 Å². The molecular weight excluding hydrogens is 236 g/mol. The van der Waals surface area contributed by atoms with Crippen LogP contribution in [0.4, 0.5) is 0 Å². The zero-order valence-electron chi connectivity index (χ0n) is 7.30. The number of nitrogens with one attached hydrogen (secondary N) is 1. The Labute approximate surface area is 83.7 Å². The van der Waals surface area contributed by atoms with Crippen molar-refractivity contribution in [3.63, 3.8) is 0 Å². The molecule has 70 valence electrons. The second-order valence-electron chi connectivity index (χ2n) is 2.57. The van der Waals surface area contributed by atoms with E-state index in [9.17, 15) is 9.59 Å². The summed E-state index contributed by atoms with van der Waals surface area (Å²) in [6.45, 7) is 0. The van der Waals surface area contributed by atoms with Gasteiger partial charge in [-0.3, -0.25) is 9.59 Å². The quantitative estimate of drug-likeness (QED) is 0.783. The van der Waals surface area contributed by atoms with Crippen LogP contribution in [0.15, 0.2) is 21.5 Å². The molecule has 0 atom stereocenters. The maximum absolute atomic E-state index is 11.2. The van der Waals surface area contributed by atoms with Crippen molar-refractivity contribution in [1.82, 2.24) is 9.88 Å². The molecule has 1 rings (SSSR count). The number of rotatable bonds is 1. The summed E-state index contributed by atoms with van der Waals surface area (Å²) in [6.07, 6.45) is 1.49. The Morgan fingerprint density at radius 3 is 2.69 bits per heavy atom. The Morgan fingerprint density at radius 1 is 1.62 bits per heavy atom. The van der Waals surface area contributed by atoms with Crippen molar-refractivity contribution in [3.8, 4) is 0 Å². The number of aromatic nitrogens is 1. The van der Waals surface area contributed by atoms with Crippen LogP contribution < -0.4 is 10.9 Å². The minimum atomic E-state index is -0.212. The summed E-state index contributed by atoms with van der Waals surface area (Å²) in [5.74, 6) is -0.212. The fourth-order valence-electron chi connectivity index (χ4n) is 0.940. The third-order valence-electron chi connectivity index (χ3n) is 1.63. The summed E-state index contributed by atoms with van der Waals surface area (Å²) in [5.41, 5.74) is 0.295. The van der Waals surface area contributed by atoms with Gasteiger partial charge in [0.05, 0.1) is 10.0 Å². The molecule has 1 aromatic rings. The molecule has 0 saturated heterocycles. The smallest absolute Gasteiger partial charge is 0.264 e. The molecule has 1 N–H and O–H groups in total. The molecule has 0 saturated carbocycles. The van der Waals surface area contributed by atoms with Crippen LogP contribution in [0.2, 0.25) is 0 Å². The maximum Gasteiger partial charge on any atom is 0.264 e. The number of carbonyl (C=O) groups excluding carboxylic acids is 1. The maximum atomic E-state index is 11.2. The monoisotopic (exact) mass is 244 g/mol. The predicted octanol–water partition coefficient (Wildman–Crippen LogP) is 0.507. The summed E-state index contributed by atoms with van der Waals surface area (Å²) in [4.78, 5) is 22.4. The van der Waals surface area contributed by atoms with E-state index >= 15 is 0 Å². The van der Waals surface area contributed by atoms with Gasteiger partial charge in [0, 0.05) is 20.3 Å². The molecule has 1 aromatic heterocycles. The molecule has 1 heterocycles. The first-order valence-electron chi connectivity index (χ1n) is 3.64. The van der Waals surface area contributed by atoms with Crippen LogP contribution >= 0.6 is 15.9 Å². The van der Waals surface area contributed by atoms with Crippen LogP contribution in [0.5, 0.6) is 0 Å². The third kappa shape index (κ3) is 1.98. The second kappa shape index (κ2) is 3.74. The van der Waals surface area contributed by atoms with Crippen LogP contribution in [-0.2, 0) is 7.05 Å². The molecule has 5 heteroatoms. The van der Waals surface area contributed by atoms with Gasteiger partial charge in [0.1, 0.15) is 0 Å². The lowest BCUT2D eigenvalue weighted by molar-refractivity contribution is 0.0962. The van der Waals surface area contributed by atoms with Gasteiger partial charge >= 0.3 is 0 Å². The van der Waals surface area contributed by atoms with Crippen molar-refractivity contribution in [2.45, 2.75) is 0 Å². The molecule has 0 aromatic carbocycles. The minimum absolute atomic E-state index is 0.160. The first-order valence-corrected chi connectivity index (χ1v) is 4.44. The van der Waals surface area contributed by atoms with Gasteiger partial charge in [-0.2, -0.15) is 0 Å². The molecule has 0 spiro atoms. The highest BCUT2D eigenvalue weighted by Crippen LogP contribution is 2.05. The molecule has 1 amide bonds. The van der Waals surface area contributed by atoms with E-state index < -0.39 is 0 Å². The Bertz CT molecular complexity index is 371. The lowest BCUT2D eigenvalue weighted by Crippen LogP contribution is -2.23.